The van der Waals surface area contributed by atoms with Gasteiger partial charge in [0.25, 0.3) is 10.1 Å². The molecule has 0 atom stereocenters. The lowest BCUT2D eigenvalue weighted by Gasteiger charge is -2.06. The Labute approximate surface area is 195 Å². The van der Waals surface area contributed by atoms with Gasteiger partial charge in [-0.1, -0.05) is 42.0 Å². The molecule has 4 aromatic carbocycles. The third-order valence-electron chi connectivity index (χ3n) is 5.46. The van der Waals surface area contributed by atoms with Crippen molar-refractivity contribution >= 4 is 44.3 Å². The fraction of sp³-hybridized carbons (Fsp3) is 0.0417. The second-order valence-corrected chi connectivity index (χ2v) is 9.08. The molecule has 0 fully saturated rings. The van der Waals surface area contributed by atoms with Crippen LogP contribution in [-0.4, -0.2) is 33.2 Å². The number of nitrogens with one attached hydrogen (secondary N) is 1. The molecule has 0 aliphatic rings. The maximum Gasteiger partial charge on any atom is 0.294 e. The maximum atomic E-state index is 11.5. The average molecular weight is 483 g/mol. The number of nitrogens with zero attached hydrogens (tertiary/aromatic N) is 1. The molecule has 0 aliphatic heterocycles. The van der Waals surface area contributed by atoms with Crippen molar-refractivity contribution in [2.75, 3.05) is 0 Å². The molecule has 0 aliphatic carbocycles. The van der Waals surface area contributed by atoms with E-state index in [-0.39, 0.29) is 23.9 Å². The molecular formula is C24H19ClN2O5S. The molecule has 4 N–H and O–H groups in total. The first-order valence-corrected chi connectivity index (χ1v) is 11.2. The van der Waals surface area contributed by atoms with Crippen LogP contribution in [0.3, 0.4) is 0 Å². The average Bonchev–Trinajstić information content (AvgIpc) is 3.17. The fourth-order valence-electron chi connectivity index (χ4n) is 3.82. The lowest BCUT2D eigenvalue weighted by atomic mass is 10.0. The maximum absolute atomic E-state index is 11.5. The minimum atomic E-state index is -4.46. The standard InChI is InChI=1S/C24H18N2O5S.ClH/c1-13-2-4-14(5-3-13)15-6-8-18(20(27)11-15)24-25-19-9-7-16-10-17(32(29,30)31)12-21(28)22(16)23(19)26-24;/h2-12,27-28H,1H3,(H,25,26)(H,29,30,31);1H. The summed E-state index contributed by atoms with van der Waals surface area (Å²) in [5.41, 5.74) is 4.49. The van der Waals surface area contributed by atoms with E-state index in [2.05, 4.69) is 9.97 Å². The van der Waals surface area contributed by atoms with E-state index in [0.717, 1.165) is 22.8 Å². The van der Waals surface area contributed by atoms with Crippen LogP contribution in [0.1, 0.15) is 5.56 Å². The molecule has 9 heteroatoms. The number of phenols is 2. The molecule has 0 spiro atoms. The van der Waals surface area contributed by atoms with Crippen LogP contribution >= 0.6 is 12.4 Å². The van der Waals surface area contributed by atoms with Crippen LogP contribution < -0.4 is 0 Å². The summed E-state index contributed by atoms with van der Waals surface area (Å²) in [4.78, 5) is 7.28. The zero-order valence-corrected chi connectivity index (χ0v) is 18.9. The highest BCUT2D eigenvalue weighted by Crippen LogP contribution is 2.37. The van der Waals surface area contributed by atoms with E-state index in [0.29, 0.717) is 33.2 Å². The second kappa shape index (κ2) is 8.08. The third-order valence-corrected chi connectivity index (χ3v) is 6.29. The highest BCUT2D eigenvalue weighted by Gasteiger charge is 2.18. The van der Waals surface area contributed by atoms with Gasteiger partial charge in [-0.05, 0) is 47.7 Å². The Balaban J connectivity index is 0.00000259. The number of H-pyrrole nitrogens is 1. The van der Waals surface area contributed by atoms with Crippen molar-refractivity contribution in [2.45, 2.75) is 11.8 Å². The van der Waals surface area contributed by atoms with Crippen molar-refractivity contribution in [2.24, 2.45) is 0 Å². The highest BCUT2D eigenvalue weighted by atomic mass is 35.5. The third kappa shape index (κ3) is 4.00. The molecule has 5 aromatic rings. The predicted octanol–water partition coefficient (Wildman–Crippen LogP) is 5.44. The normalized spacial score (nSPS) is 11.6. The molecule has 0 radical (unpaired) electrons. The van der Waals surface area contributed by atoms with E-state index in [4.69, 9.17) is 0 Å². The Morgan fingerprint density at radius 2 is 1.55 bits per heavy atom. The molecule has 0 saturated carbocycles. The number of halogens is 1. The van der Waals surface area contributed by atoms with Crippen molar-refractivity contribution in [3.05, 3.63) is 72.3 Å². The van der Waals surface area contributed by atoms with E-state index >= 15 is 0 Å². The molecule has 7 nitrogen and oxygen atoms in total. The van der Waals surface area contributed by atoms with Crippen LogP contribution in [0.2, 0.25) is 0 Å². The monoisotopic (exact) mass is 482 g/mol. The highest BCUT2D eigenvalue weighted by molar-refractivity contribution is 7.85. The Hall–Kier alpha value is -3.59. The zero-order valence-electron chi connectivity index (χ0n) is 17.3. The smallest absolute Gasteiger partial charge is 0.294 e. The van der Waals surface area contributed by atoms with E-state index in [9.17, 15) is 23.2 Å². The van der Waals surface area contributed by atoms with E-state index in [1.54, 1.807) is 24.3 Å². The van der Waals surface area contributed by atoms with E-state index in [1.165, 1.54) is 6.07 Å². The molecule has 0 amide bonds. The first-order valence-electron chi connectivity index (χ1n) is 9.74. The summed E-state index contributed by atoms with van der Waals surface area (Å²) < 4.78 is 32.2. The van der Waals surface area contributed by atoms with Gasteiger partial charge in [-0.25, -0.2) is 4.98 Å². The number of aromatic nitrogens is 2. The number of hydrogen-bond donors (Lipinski definition) is 4. The summed E-state index contributed by atoms with van der Waals surface area (Å²) in [6.45, 7) is 2.01. The van der Waals surface area contributed by atoms with Crippen molar-refractivity contribution in [3.63, 3.8) is 0 Å². The van der Waals surface area contributed by atoms with Crippen LogP contribution in [0.25, 0.3) is 44.3 Å². The van der Waals surface area contributed by atoms with Crippen molar-refractivity contribution < 1.29 is 23.2 Å². The molecule has 5 rings (SSSR count). The van der Waals surface area contributed by atoms with Gasteiger partial charge in [0, 0.05) is 6.07 Å². The number of aromatic hydroxyl groups is 2. The summed E-state index contributed by atoms with van der Waals surface area (Å²) in [7, 11) is -4.46. The SMILES string of the molecule is Cc1ccc(-c2ccc(-c3nc4c(ccc5cc(S(=O)(=O)O)cc(O)c54)[nH]3)c(O)c2)cc1.Cl. The second-order valence-electron chi connectivity index (χ2n) is 7.66. The first-order chi connectivity index (χ1) is 15.2. The summed E-state index contributed by atoms with van der Waals surface area (Å²) >= 11 is 0. The van der Waals surface area contributed by atoms with Crippen LogP contribution in [-0.2, 0) is 10.1 Å². The zero-order chi connectivity index (χ0) is 22.6. The minimum absolute atomic E-state index is 0. The van der Waals surface area contributed by atoms with Crippen molar-refractivity contribution in [3.8, 4) is 34.0 Å². The quantitative estimate of drug-likeness (QED) is 0.254. The molecule has 0 unspecified atom stereocenters. The summed E-state index contributed by atoms with van der Waals surface area (Å²) in [6.07, 6.45) is 0. The van der Waals surface area contributed by atoms with Gasteiger partial charge in [0.1, 0.15) is 22.8 Å². The Morgan fingerprint density at radius 1 is 0.848 bits per heavy atom. The number of benzene rings is 4. The summed E-state index contributed by atoms with van der Waals surface area (Å²) in [5.74, 6) is 0.126. The lowest BCUT2D eigenvalue weighted by molar-refractivity contribution is 0.471. The fourth-order valence-corrected chi connectivity index (χ4v) is 4.35. The van der Waals surface area contributed by atoms with Gasteiger partial charge in [0.15, 0.2) is 0 Å². The lowest BCUT2D eigenvalue weighted by Crippen LogP contribution is -1.97. The summed E-state index contributed by atoms with van der Waals surface area (Å²) in [5, 5.41) is 21.9. The van der Waals surface area contributed by atoms with Gasteiger partial charge in [-0.15, -0.1) is 12.4 Å². The Kier molecular flexibility index (Phi) is 5.53. The van der Waals surface area contributed by atoms with Crippen LogP contribution in [0.5, 0.6) is 11.5 Å². The number of aryl methyl sites for hydroxylation is 1. The van der Waals surface area contributed by atoms with Crippen LogP contribution in [0.15, 0.2) is 71.6 Å². The van der Waals surface area contributed by atoms with Crippen molar-refractivity contribution in [1.82, 2.24) is 9.97 Å². The van der Waals surface area contributed by atoms with Gasteiger partial charge >= 0.3 is 0 Å². The van der Waals surface area contributed by atoms with Gasteiger partial charge in [-0.2, -0.15) is 8.42 Å². The first kappa shape index (κ1) is 22.6. The Bertz CT molecular complexity index is 1630. The number of imidazole rings is 1. The van der Waals surface area contributed by atoms with E-state index in [1.807, 2.05) is 37.3 Å². The number of aromatic amines is 1. The molecule has 1 heterocycles. The van der Waals surface area contributed by atoms with Crippen molar-refractivity contribution in [1.29, 1.82) is 0 Å². The Morgan fingerprint density at radius 3 is 2.21 bits per heavy atom. The van der Waals surface area contributed by atoms with Crippen LogP contribution in [0.4, 0.5) is 0 Å². The number of rotatable bonds is 3. The number of hydrogen-bond acceptors (Lipinski definition) is 5. The van der Waals surface area contributed by atoms with Gasteiger partial charge < -0.3 is 15.2 Å². The van der Waals surface area contributed by atoms with E-state index < -0.39 is 15.0 Å². The van der Waals surface area contributed by atoms with Gasteiger partial charge in [-0.3, -0.25) is 4.55 Å². The van der Waals surface area contributed by atoms with Crippen LogP contribution in [0, 0.1) is 6.92 Å². The predicted molar refractivity (Wildman–Crippen MR) is 130 cm³/mol. The molecule has 1 aromatic heterocycles. The number of phenolic OH excluding ortho intramolecular Hbond substituents is 2. The minimum Gasteiger partial charge on any atom is -0.507 e. The number of fused-ring (bicyclic) bond motifs is 3. The van der Waals surface area contributed by atoms with Gasteiger partial charge in [0.05, 0.1) is 21.4 Å². The topological polar surface area (TPSA) is 124 Å². The molecule has 33 heavy (non-hydrogen) atoms. The summed E-state index contributed by atoms with van der Waals surface area (Å²) in [6, 6.07) is 18.9. The van der Waals surface area contributed by atoms with Gasteiger partial charge in [0.2, 0.25) is 0 Å². The molecule has 0 saturated heterocycles. The largest absolute Gasteiger partial charge is 0.507 e. The molecule has 168 valence electrons. The molecular weight excluding hydrogens is 464 g/mol. The molecule has 0 bridgehead atoms.